The largest absolute Gasteiger partial charge is 0.383 e. The normalized spacial score (nSPS) is 11.8. The molecule has 6 heteroatoms. The van der Waals surface area contributed by atoms with Crippen molar-refractivity contribution in [3.05, 3.63) is 35.4 Å². The molecule has 0 aliphatic rings. The van der Waals surface area contributed by atoms with E-state index in [-0.39, 0.29) is 18.4 Å². The van der Waals surface area contributed by atoms with E-state index in [9.17, 15) is 9.59 Å². The molecule has 2 amide bonds. The smallest absolute Gasteiger partial charge is 0.251 e. The summed E-state index contributed by atoms with van der Waals surface area (Å²) in [4.78, 5) is 23.3. The van der Waals surface area contributed by atoms with Crippen LogP contribution in [0.15, 0.2) is 24.3 Å². The Morgan fingerprint density at radius 2 is 2.00 bits per heavy atom. The van der Waals surface area contributed by atoms with Crippen molar-refractivity contribution in [1.29, 1.82) is 0 Å². The van der Waals surface area contributed by atoms with Crippen molar-refractivity contribution in [2.24, 2.45) is 5.73 Å². The van der Waals surface area contributed by atoms with Crippen LogP contribution in [0.25, 0.3) is 0 Å². The van der Waals surface area contributed by atoms with E-state index < -0.39 is 6.04 Å². The van der Waals surface area contributed by atoms with Crippen LogP contribution in [0.2, 0.25) is 0 Å². The van der Waals surface area contributed by atoms with E-state index in [1.54, 1.807) is 6.07 Å². The fourth-order valence-corrected chi connectivity index (χ4v) is 1.64. The van der Waals surface area contributed by atoms with Gasteiger partial charge in [0.2, 0.25) is 5.91 Å². The van der Waals surface area contributed by atoms with Gasteiger partial charge in [-0.2, -0.15) is 0 Å². The molecule has 1 rings (SSSR count). The van der Waals surface area contributed by atoms with Gasteiger partial charge in [-0.1, -0.05) is 17.7 Å². The van der Waals surface area contributed by atoms with Crippen molar-refractivity contribution in [3.63, 3.8) is 0 Å². The SMILES string of the molecule is COCC(N)C(=O)NCCNC(=O)c1cccc(C)c1. The van der Waals surface area contributed by atoms with Crippen LogP contribution in [0.4, 0.5) is 0 Å². The highest BCUT2D eigenvalue weighted by molar-refractivity contribution is 5.94. The van der Waals surface area contributed by atoms with E-state index in [2.05, 4.69) is 10.6 Å². The van der Waals surface area contributed by atoms with Crippen molar-refractivity contribution in [2.75, 3.05) is 26.8 Å². The lowest BCUT2D eigenvalue weighted by Crippen LogP contribution is -2.45. The molecule has 0 aliphatic carbocycles. The molecule has 0 fully saturated rings. The molecule has 1 atom stereocenters. The number of nitrogens with one attached hydrogen (secondary N) is 2. The second kappa shape index (κ2) is 8.29. The highest BCUT2D eigenvalue weighted by Gasteiger charge is 2.12. The van der Waals surface area contributed by atoms with Crippen molar-refractivity contribution in [3.8, 4) is 0 Å². The maximum Gasteiger partial charge on any atom is 0.251 e. The lowest BCUT2D eigenvalue weighted by Gasteiger charge is -2.11. The number of ether oxygens (including phenoxy) is 1. The fourth-order valence-electron chi connectivity index (χ4n) is 1.64. The molecule has 0 spiro atoms. The predicted octanol–water partition coefficient (Wildman–Crippen LogP) is -0.185. The zero-order valence-electron chi connectivity index (χ0n) is 11.8. The number of hydrogen-bond acceptors (Lipinski definition) is 4. The van der Waals surface area contributed by atoms with Crippen LogP contribution in [0.1, 0.15) is 15.9 Å². The summed E-state index contributed by atoms with van der Waals surface area (Å²) in [5.41, 5.74) is 7.18. The number of methoxy groups -OCH3 is 1. The maximum atomic E-state index is 11.8. The molecule has 1 aromatic carbocycles. The molecule has 6 nitrogen and oxygen atoms in total. The van der Waals surface area contributed by atoms with E-state index in [0.29, 0.717) is 18.7 Å². The summed E-state index contributed by atoms with van der Waals surface area (Å²) < 4.78 is 4.78. The van der Waals surface area contributed by atoms with E-state index in [1.807, 2.05) is 25.1 Å². The van der Waals surface area contributed by atoms with Gasteiger partial charge in [0.15, 0.2) is 0 Å². The average molecular weight is 279 g/mol. The van der Waals surface area contributed by atoms with Crippen molar-refractivity contribution in [1.82, 2.24) is 10.6 Å². The Balaban J connectivity index is 2.27. The zero-order chi connectivity index (χ0) is 15.0. The first kappa shape index (κ1) is 16.1. The van der Waals surface area contributed by atoms with E-state index in [1.165, 1.54) is 7.11 Å². The lowest BCUT2D eigenvalue weighted by molar-refractivity contribution is -0.123. The Kier molecular flexibility index (Phi) is 6.69. The first-order chi connectivity index (χ1) is 9.54. The first-order valence-corrected chi connectivity index (χ1v) is 6.41. The Morgan fingerprint density at radius 3 is 2.65 bits per heavy atom. The highest BCUT2D eigenvalue weighted by atomic mass is 16.5. The molecule has 20 heavy (non-hydrogen) atoms. The number of benzene rings is 1. The average Bonchev–Trinajstić information content (AvgIpc) is 2.43. The van der Waals surface area contributed by atoms with Gasteiger partial charge in [0.25, 0.3) is 5.91 Å². The molecule has 1 aromatic rings. The molecule has 0 aliphatic heterocycles. The van der Waals surface area contributed by atoms with Crippen LogP contribution in [0.3, 0.4) is 0 Å². The van der Waals surface area contributed by atoms with Gasteiger partial charge in [-0.25, -0.2) is 0 Å². The van der Waals surface area contributed by atoms with E-state index >= 15 is 0 Å². The van der Waals surface area contributed by atoms with E-state index in [4.69, 9.17) is 10.5 Å². The third-order valence-corrected chi connectivity index (χ3v) is 2.67. The molecule has 0 bridgehead atoms. The summed E-state index contributed by atoms with van der Waals surface area (Å²) in [5.74, 6) is -0.458. The summed E-state index contributed by atoms with van der Waals surface area (Å²) in [6.07, 6.45) is 0. The van der Waals surface area contributed by atoms with Gasteiger partial charge >= 0.3 is 0 Å². The molecular formula is C14H21N3O3. The number of amides is 2. The number of carbonyl (C=O) groups excluding carboxylic acids is 2. The minimum atomic E-state index is -0.688. The van der Waals surface area contributed by atoms with Crippen LogP contribution in [-0.2, 0) is 9.53 Å². The van der Waals surface area contributed by atoms with Crippen molar-refractivity contribution < 1.29 is 14.3 Å². The van der Waals surface area contributed by atoms with Crippen LogP contribution < -0.4 is 16.4 Å². The summed E-state index contributed by atoms with van der Waals surface area (Å²) in [6.45, 7) is 2.77. The number of aryl methyl sites for hydroxylation is 1. The van der Waals surface area contributed by atoms with Gasteiger partial charge in [0, 0.05) is 25.8 Å². The van der Waals surface area contributed by atoms with Gasteiger partial charge in [0.05, 0.1) is 6.61 Å². The van der Waals surface area contributed by atoms with Crippen molar-refractivity contribution >= 4 is 11.8 Å². The van der Waals surface area contributed by atoms with Gasteiger partial charge in [0.1, 0.15) is 6.04 Å². The molecule has 0 aromatic heterocycles. The zero-order valence-corrected chi connectivity index (χ0v) is 11.8. The summed E-state index contributed by atoms with van der Waals surface area (Å²) in [5, 5.41) is 5.35. The lowest BCUT2D eigenvalue weighted by atomic mass is 10.1. The predicted molar refractivity (Wildman–Crippen MR) is 76.4 cm³/mol. The van der Waals surface area contributed by atoms with E-state index in [0.717, 1.165) is 5.56 Å². The quantitative estimate of drug-likeness (QED) is 0.603. The maximum absolute atomic E-state index is 11.8. The first-order valence-electron chi connectivity index (χ1n) is 6.41. The second-order valence-electron chi connectivity index (χ2n) is 4.48. The number of rotatable bonds is 7. The molecule has 110 valence electrons. The minimum Gasteiger partial charge on any atom is -0.383 e. The van der Waals surface area contributed by atoms with Gasteiger partial charge < -0.3 is 21.1 Å². The standard InChI is InChI=1S/C14H21N3O3/c1-10-4-3-5-11(8-10)13(18)16-6-7-17-14(19)12(15)9-20-2/h3-5,8,12H,6-7,9,15H2,1-2H3,(H,16,18)(H,17,19). The molecule has 4 N–H and O–H groups in total. The third kappa shape index (κ3) is 5.38. The molecule has 0 saturated carbocycles. The van der Waals surface area contributed by atoms with Crippen LogP contribution in [0.5, 0.6) is 0 Å². The van der Waals surface area contributed by atoms with Crippen LogP contribution in [0, 0.1) is 6.92 Å². The Hall–Kier alpha value is -1.92. The van der Waals surface area contributed by atoms with Crippen LogP contribution in [-0.4, -0.2) is 44.7 Å². The van der Waals surface area contributed by atoms with Crippen molar-refractivity contribution in [2.45, 2.75) is 13.0 Å². The van der Waals surface area contributed by atoms with Gasteiger partial charge in [-0.3, -0.25) is 9.59 Å². The third-order valence-electron chi connectivity index (χ3n) is 2.67. The number of carbonyl (C=O) groups is 2. The Labute approximate surface area is 118 Å². The molecule has 0 heterocycles. The number of nitrogens with two attached hydrogens (primary N) is 1. The summed E-state index contributed by atoms with van der Waals surface area (Å²) >= 11 is 0. The molecule has 1 unspecified atom stereocenters. The fraction of sp³-hybridized carbons (Fsp3) is 0.429. The minimum absolute atomic E-state index is 0.163. The topological polar surface area (TPSA) is 93.4 Å². The highest BCUT2D eigenvalue weighted by Crippen LogP contribution is 2.03. The Morgan fingerprint density at radius 1 is 1.30 bits per heavy atom. The molecule has 0 saturated heterocycles. The van der Waals surface area contributed by atoms with Crippen LogP contribution >= 0.6 is 0 Å². The second-order valence-corrected chi connectivity index (χ2v) is 4.48. The monoisotopic (exact) mass is 279 g/mol. The molecular weight excluding hydrogens is 258 g/mol. The number of hydrogen-bond donors (Lipinski definition) is 3. The Bertz CT molecular complexity index is 463. The van der Waals surface area contributed by atoms with Gasteiger partial charge in [-0.05, 0) is 19.1 Å². The summed E-state index contributed by atoms with van der Waals surface area (Å²) in [6, 6.07) is 6.62. The van der Waals surface area contributed by atoms with Gasteiger partial charge in [-0.15, -0.1) is 0 Å². The molecule has 0 radical (unpaired) electrons. The summed E-state index contributed by atoms with van der Waals surface area (Å²) in [7, 11) is 1.48.